The topological polar surface area (TPSA) is 69.6 Å². The van der Waals surface area contributed by atoms with Crippen LogP contribution in [-0.2, 0) is 9.59 Å². The van der Waals surface area contributed by atoms with E-state index in [0.29, 0.717) is 19.1 Å². The van der Waals surface area contributed by atoms with Crippen molar-refractivity contribution in [3.63, 3.8) is 0 Å². The lowest BCUT2D eigenvalue weighted by Gasteiger charge is -2.30. The first-order chi connectivity index (χ1) is 10.5. The second-order valence-electron chi connectivity index (χ2n) is 6.63. The highest BCUT2D eigenvalue weighted by atomic mass is 16.4. The maximum Gasteiger partial charge on any atom is 0.303 e. The molecule has 0 saturated carbocycles. The van der Waals surface area contributed by atoms with E-state index in [-0.39, 0.29) is 18.4 Å². The molecule has 1 aliphatic rings. The lowest BCUT2D eigenvalue weighted by atomic mass is 9.47. The number of unbranched alkanes of at least 4 members (excludes halogenated alkanes) is 2. The Morgan fingerprint density at radius 2 is 2.09 bits per heavy atom. The summed E-state index contributed by atoms with van der Waals surface area (Å²) in [6.45, 7) is 8.48. The fourth-order valence-corrected chi connectivity index (χ4v) is 3.19. The van der Waals surface area contributed by atoms with Gasteiger partial charge >= 0.3 is 5.97 Å². The Morgan fingerprint density at radius 1 is 1.36 bits per heavy atom. The van der Waals surface area contributed by atoms with Crippen LogP contribution in [0.5, 0.6) is 0 Å². The molecule has 0 aliphatic carbocycles. The minimum atomic E-state index is -0.838. The lowest BCUT2D eigenvalue weighted by molar-refractivity contribution is -0.138. The van der Waals surface area contributed by atoms with Crippen molar-refractivity contribution in [2.45, 2.75) is 77.5 Å². The van der Waals surface area contributed by atoms with Crippen LogP contribution in [0.25, 0.3) is 0 Å². The Morgan fingerprint density at radius 3 is 2.68 bits per heavy atom. The van der Waals surface area contributed by atoms with Gasteiger partial charge in [0, 0.05) is 18.9 Å². The van der Waals surface area contributed by atoms with Crippen molar-refractivity contribution in [2.24, 2.45) is 0 Å². The summed E-state index contributed by atoms with van der Waals surface area (Å²) >= 11 is 0. The number of amides is 1. The summed E-state index contributed by atoms with van der Waals surface area (Å²) in [5.41, 5.74) is 0. The Labute approximate surface area is 134 Å². The summed E-state index contributed by atoms with van der Waals surface area (Å²) in [4.78, 5) is 25.6. The second-order valence-corrected chi connectivity index (χ2v) is 6.63. The minimum Gasteiger partial charge on any atom is -0.481 e. The van der Waals surface area contributed by atoms with Gasteiger partial charge in [-0.15, -0.1) is 0 Å². The van der Waals surface area contributed by atoms with E-state index in [2.05, 4.69) is 25.9 Å². The first kappa shape index (κ1) is 19.0. The first-order valence-electron chi connectivity index (χ1n) is 8.73. The minimum absolute atomic E-state index is 0.0391. The molecular formula is C16H31BN2O3. The number of carboxylic acids is 1. The highest BCUT2D eigenvalue weighted by Gasteiger charge is 2.35. The standard InChI is InChI=1S/C16H31BN2O3/c1-4-5-6-11-18-13(9-10-15(20)21)16(22)19-12-7-8-14(19)17(2)3/h13-14,18H,4-12H2,1-3H3,(H,20,21). The summed E-state index contributed by atoms with van der Waals surface area (Å²) in [5.74, 6) is -0.443. The normalized spacial score (nSPS) is 19.2. The Hall–Kier alpha value is -1.04. The van der Waals surface area contributed by atoms with Gasteiger partial charge in [0.15, 0.2) is 6.71 Å². The van der Waals surface area contributed by atoms with Gasteiger partial charge < -0.3 is 15.3 Å². The van der Waals surface area contributed by atoms with Crippen molar-refractivity contribution in [3.05, 3.63) is 0 Å². The molecule has 126 valence electrons. The van der Waals surface area contributed by atoms with Crippen LogP contribution in [0.2, 0.25) is 13.6 Å². The quantitative estimate of drug-likeness (QED) is 0.480. The van der Waals surface area contributed by atoms with E-state index in [1.54, 1.807) is 0 Å². The molecule has 1 heterocycles. The van der Waals surface area contributed by atoms with Gasteiger partial charge in [-0.25, -0.2) is 0 Å². The summed E-state index contributed by atoms with van der Waals surface area (Å²) in [5, 5.41) is 12.2. The summed E-state index contributed by atoms with van der Waals surface area (Å²) in [6, 6.07) is -0.354. The van der Waals surface area contributed by atoms with Crippen molar-refractivity contribution >= 4 is 18.6 Å². The van der Waals surface area contributed by atoms with Gasteiger partial charge in [0.2, 0.25) is 5.91 Å². The van der Waals surface area contributed by atoms with Crippen molar-refractivity contribution in [1.29, 1.82) is 0 Å². The molecule has 2 atom stereocenters. The number of carboxylic acid groups (broad SMARTS) is 1. The van der Waals surface area contributed by atoms with Crippen LogP contribution in [0, 0.1) is 0 Å². The molecule has 2 unspecified atom stereocenters. The molecule has 0 radical (unpaired) electrons. The molecule has 2 N–H and O–H groups in total. The van der Waals surface area contributed by atoms with E-state index >= 15 is 0 Å². The van der Waals surface area contributed by atoms with Crippen LogP contribution >= 0.6 is 0 Å². The molecule has 0 spiro atoms. The van der Waals surface area contributed by atoms with Crippen LogP contribution < -0.4 is 5.32 Å². The summed E-state index contributed by atoms with van der Waals surface area (Å²) in [7, 11) is 0. The van der Waals surface area contributed by atoms with Crippen molar-refractivity contribution in [1.82, 2.24) is 10.2 Å². The molecular weight excluding hydrogens is 279 g/mol. The molecule has 1 saturated heterocycles. The van der Waals surface area contributed by atoms with Gasteiger partial charge in [0.05, 0.1) is 6.04 Å². The third-order valence-electron chi connectivity index (χ3n) is 4.47. The van der Waals surface area contributed by atoms with Crippen LogP contribution in [0.15, 0.2) is 0 Å². The highest BCUT2D eigenvalue weighted by molar-refractivity contribution is 6.57. The SMILES string of the molecule is CCCCCNC(CCC(=O)O)C(=O)N1CCCC1B(C)C. The molecule has 0 aromatic rings. The van der Waals surface area contributed by atoms with E-state index in [1.807, 2.05) is 4.90 Å². The molecule has 0 bridgehead atoms. The van der Waals surface area contributed by atoms with Crippen molar-refractivity contribution < 1.29 is 14.7 Å². The average molecular weight is 310 g/mol. The second kappa shape index (κ2) is 9.88. The predicted molar refractivity (Wildman–Crippen MR) is 90.4 cm³/mol. The Bertz CT molecular complexity index is 363. The number of nitrogens with one attached hydrogen (secondary N) is 1. The van der Waals surface area contributed by atoms with E-state index in [9.17, 15) is 9.59 Å². The zero-order valence-electron chi connectivity index (χ0n) is 14.3. The monoisotopic (exact) mass is 310 g/mol. The number of rotatable bonds is 10. The highest BCUT2D eigenvalue weighted by Crippen LogP contribution is 2.21. The van der Waals surface area contributed by atoms with Gasteiger partial charge in [-0.05, 0) is 32.2 Å². The maximum absolute atomic E-state index is 12.8. The zero-order valence-corrected chi connectivity index (χ0v) is 14.3. The molecule has 6 heteroatoms. The maximum atomic E-state index is 12.8. The number of hydrogen-bond acceptors (Lipinski definition) is 3. The molecule has 1 amide bonds. The first-order valence-corrected chi connectivity index (χ1v) is 8.73. The fraction of sp³-hybridized carbons (Fsp3) is 0.875. The molecule has 5 nitrogen and oxygen atoms in total. The fourth-order valence-electron chi connectivity index (χ4n) is 3.19. The van der Waals surface area contributed by atoms with Gasteiger partial charge in [0.25, 0.3) is 0 Å². The third-order valence-corrected chi connectivity index (χ3v) is 4.47. The van der Waals surface area contributed by atoms with Gasteiger partial charge in [-0.2, -0.15) is 0 Å². The Kier molecular flexibility index (Phi) is 8.53. The van der Waals surface area contributed by atoms with Crippen molar-refractivity contribution in [3.8, 4) is 0 Å². The largest absolute Gasteiger partial charge is 0.481 e. The van der Waals surface area contributed by atoms with Gasteiger partial charge in [0.1, 0.15) is 0 Å². The van der Waals surface area contributed by atoms with Crippen LogP contribution in [0.4, 0.5) is 0 Å². The Balaban J connectivity index is 2.62. The van der Waals surface area contributed by atoms with Gasteiger partial charge in [-0.1, -0.05) is 33.4 Å². The van der Waals surface area contributed by atoms with E-state index < -0.39 is 5.97 Å². The molecule has 22 heavy (non-hydrogen) atoms. The van der Waals surface area contributed by atoms with Crippen LogP contribution in [-0.4, -0.2) is 53.7 Å². The number of hydrogen-bond donors (Lipinski definition) is 2. The number of aliphatic carboxylic acids is 1. The number of carbonyl (C=O) groups is 2. The predicted octanol–water partition coefficient (Wildman–Crippen LogP) is 2.28. The number of likely N-dealkylation sites (tertiary alicyclic amines) is 1. The number of carbonyl (C=O) groups excluding carboxylic acids is 1. The molecule has 1 aliphatic heterocycles. The van der Waals surface area contributed by atoms with Crippen molar-refractivity contribution in [2.75, 3.05) is 13.1 Å². The number of nitrogens with zero attached hydrogens (tertiary/aromatic N) is 1. The van der Waals surface area contributed by atoms with Crippen LogP contribution in [0.3, 0.4) is 0 Å². The van der Waals surface area contributed by atoms with E-state index in [4.69, 9.17) is 5.11 Å². The smallest absolute Gasteiger partial charge is 0.303 e. The molecule has 0 aromatic carbocycles. The van der Waals surface area contributed by atoms with E-state index in [0.717, 1.165) is 45.2 Å². The molecule has 1 fully saturated rings. The summed E-state index contributed by atoms with van der Waals surface area (Å²) in [6.07, 6.45) is 5.82. The van der Waals surface area contributed by atoms with E-state index in [1.165, 1.54) is 0 Å². The molecule has 0 aromatic heterocycles. The average Bonchev–Trinajstić information content (AvgIpc) is 2.95. The van der Waals surface area contributed by atoms with Gasteiger partial charge in [-0.3, -0.25) is 9.59 Å². The molecule has 1 rings (SSSR count). The third kappa shape index (κ3) is 5.99. The summed E-state index contributed by atoms with van der Waals surface area (Å²) < 4.78 is 0. The zero-order chi connectivity index (χ0) is 16.5. The van der Waals surface area contributed by atoms with Crippen LogP contribution in [0.1, 0.15) is 51.9 Å². The lowest BCUT2D eigenvalue weighted by Crippen LogP contribution is -2.51.